The van der Waals surface area contributed by atoms with E-state index in [0.717, 1.165) is 50.5 Å². The van der Waals surface area contributed by atoms with Crippen molar-refractivity contribution in [2.45, 2.75) is 26.3 Å². The van der Waals surface area contributed by atoms with Gasteiger partial charge in [0.2, 0.25) is 0 Å². The van der Waals surface area contributed by atoms with Crippen LogP contribution in [0.3, 0.4) is 0 Å². The maximum atomic E-state index is 9.29. The van der Waals surface area contributed by atoms with Gasteiger partial charge in [0, 0.05) is 43.5 Å². The molecule has 124 valence electrons. The first kappa shape index (κ1) is 16.2. The highest BCUT2D eigenvalue weighted by Gasteiger charge is 2.33. The Kier molecular flexibility index (Phi) is 5.10. The molecule has 0 saturated carbocycles. The molecule has 1 aliphatic rings. The van der Waals surface area contributed by atoms with E-state index in [-0.39, 0.29) is 12.0 Å². The number of hydrogen-bond acceptors (Lipinski definition) is 4. The quantitative estimate of drug-likeness (QED) is 0.821. The zero-order valence-electron chi connectivity index (χ0n) is 13.7. The van der Waals surface area contributed by atoms with E-state index in [1.165, 1.54) is 5.56 Å². The average Bonchev–Trinajstić information content (AvgIpc) is 3.17. The van der Waals surface area contributed by atoms with Crippen LogP contribution in [0.2, 0.25) is 0 Å². The number of aromatic nitrogens is 2. The van der Waals surface area contributed by atoms with Gasteiger partial charge in [0.05, 0.1) is 18.0 Å². The van der Waals surface area contributed by atoms with Gasteiger partial charge in [0.15, 0.2) is 0 Å². The fourth-order valence-corrected chi connectivity index (χ4v) is 3.16. The molecule has 5 heteroatoms. The molecule has 23 heavy (non-hydrogen) atoms. The minimum Gasteiger partial charge on any atom is -0.396 e. The summed E-state index contributed by atoms with van der Waals surface area (Å²) >= 11 is 0. The van der Waals surface area contributed by atoms with Crippen LogP contribution in [0.25, 0.3) is 5.69 Å². The first-order valence-electron chi connectivity index (χ1n) is 8.22. The number of nitrogens with zero attached hydrogens (tertiary/aromatic N) is 2. The smallest absolute Gasteiger partial charge is 0.0645 e. The third-order valence-corrected chi connectivity index (χ3v) is 4.66. The Labute approximate surface area is 137 Å². The Morgan fingerprint density at radius 2 is 2.17 bits per heavy atom. The van der Waals surface area contributed by atoms with E-state index in [1.54, 1.807) is 0 Å². The largest absolute Gasteiger partial charge is 0.396 e. The van der Waals surface area contributed by atoms with Crippen LogP contribution in [0, 0.1) is 12.3 Å². The van der Waals surface area contributed by atoms with Crippen LogP contribution in [0.4, 0.5) is 0 Å². The predicted octanol–water partition coefficient (Wildman–Crippen LogP) is 2.06. The van der Waals surface area contributed by atoms with Gasteiger partial charge in [0.1, 0.15) is 0 Å². The number of ether oxygens (including phenoxy) is 1. The molecule has 0 aliphatic carbocycles. The van der Waals surface area contributed by atoms with Gasteiger partial charge >= 0.3 is 0 Å². The molecule has 0 bridgehead atoms. The first-order valence-corrected chi connectivity index (χ1v) is 8.22. The van der Waals surface area contributed by atoms with E-state index in [9.17, 15) is 5.11 Å². The van der Waals surface area contributed by atoms with Crippen LogP contribution in [0.5, 0.6) is 0 Å². The van der Waals surface area contributed by atoms with Gasteiger partial charge in [-0.15, -0.1) is 0 Å². The summed E-state index contributed by atoms with van der Waals surface area (Å²) in [5.41, 5.74) is 3.40. The summed E-state index contributed by atoms with van der Waals surface area (Å²) in [5, 5.41) is 17.4. The van der Waals surface area contributed by atoms with Gasteiger partial charge < -0.3 is 15.2 Å². The van der Waals surface area contributed by atoms with E-state index in [2.05, 4.69) is 28.7 Å². The Morgan fingerprint density at radius 1 is 1.35 bits per heavy atom. The number of benzene rings is 1. The van der Waals surface area contributed by atoms with E-state index >= 15 is 0 Å². The first-order chi connectivity index (χ1) is 11.2. The molecule has 0 radical (unpaired) electrons. The number of aliphatic hydroxyl groups excluding tert-OH is 1. The maximum absolute atomic E-state index is 9.29. The molecule has 0 amide bonds. The number of hydrogen-bond donors (Lipinski definition) is 2. The highest BCUT2D eigenvalue weighted by molar-refractivity contribution is 5.32. The highest BCUT2D eigenvalue weighted by Crippen LogP contribution is 2.31. The molecule has 1 unspecified atom stereocenters. The van der Waals surface area contributed by atoms with Gasteiger partial charge in [-0.1, -0.05) is 18.2 Å². The van der Waals surface area contributed by atoms with E-state index < -0.39 is 0 Å². The van der Waals surface area contributed by atoms with Crippen molar-refractivity contribution in [2.24, 2.45) is 5.41 Å². The van der Waals surface area contributed by atoms with E-state index in [0.29, 0.717) is 0 Å². The third-order valence-electron chi connectivity index (χ3n) is 4.66. The summed E-state index contributed by atoms with van der Waals surface area (Å²) in [7, 11) is 0. The van der Waals surface area contributed by atoms with Crippen LogP contribution in [0.1, 0.15) is 24.1 Å². The minimum absolute atomic E-state index is 0.0814. The van der Waals surface area contributed by atoms with Crippen molar-refractivity contribution in [3.8, 4) is 5.69 Å². The number of aryl methyl sites for hydroxylation is 1. The van der Waals surface area contributed by atoms with Crippen LogP contribution in [-0.2, 0) is 11.3 Å². The Morgan fingerprint density at radius 3 is 2.87 bits per heavy atom. The monoisotopic (exact) mass is 315 g/mol. The zero-order chi connectivity index (χ0) is 16.1. The minimum atomic E-state index is 0.0814. The Bertz CT molecular complexity index is 618. The molecule has 1 aromatic heterocycles. The lowest BCUT2D eigenvalue weighted by molar-refractivity contribution is 0.124. The van der Waals surface area contributed by atoms with Gasteiger partial charge in [-0.25, -0.2) is 4.68 Å². The molecule has 1 saturated heterocycles. The second kappa shape index (κ2) is 7.25. The normalized spacial score (nSPS) is 21.0. The molecule has 2 heterocycles. The van der Waals surface area contributed by atoms with Crippen LogP contribution < -0.4 is 5.32 Å². The van der Waals surface area contributed by atoms with E-state index in [1.807, 2.05) is 29.8 Å². The van der Waals surface area contributed by atoms with Crippen LogP contribution in [0.15, 0.2) is 36.5 Å². The number of aliphatic hydroxyl groups is 1. The van der Waals surface area contributed by atoms with Gasteiger partial charge in [-0.2, -0.15) is 5.10 Å². The van der Waals surface area contributed by atoms with Gasteiger partial charge in [0.25, 0.3) is 0 Å². The molecule has 3 rings (SSSR count). The van der Waals surface area contributed by atoms with Crippen molar-refractivity contribution in [1.29, 1.82) is 0 Å². The van der Waals surface area contributed by atoms with Gasteiger partial charge in [-0.05, 0) is 31.9 Å². The molecular formula is C18H25N3O2. The van der Waals surface area contributed by atoms with Crippen molar-refractivity contribution < 1.29 is 9.84 Å². The summed E-state index contributed by atoms with van der Waals surface area (Å²) in [5.74, 6) is 0. The Balaban J connectivity index is 1.61. The second-order valence-corrected chi connectivity index (χ2v) is 6.40. The van der Waals surface area contributed by atoms with Crippen molar-refractivity contribution in [2.75, 3.05) is 26.4 Å². The summed E-state index contributed by atoms with van der Waals surface area (Å²) in [6.45, 7) is 5.44. The lowest BCUT2D eigenvalue weighted by atomic mass is 9.84. The van der Waals surface area contributed by atoms with E-state index in [4.69, 9.17) is 4.74 Å². The zero-order valence-corrected chi connectivity index (χ0v) is 13.7. The molecule has 5 nitrogen and oxygen atoms in total. The lowest BCUT2D eigenvalue weighted by Gasteiger charge is -2.26. The second-order valence-electron chi connectivity index (χ2n) is 6.40. The number of rotatable bonds is 7. The number of para-hydroxylation sites is 1. The number of nitrogens with one attached hydrogen (secondary N) is 1. The molecule has 2 N–H and O–H groups in total. The summed E-state index contributed by atoms with van der Waals surface area (Å²) in [6.07, 6.45) is 3.90. The SMILES string of the molecule is Cc1nn(-c2ccccc2)cc1CNCC1(CCO)CCOC1. The third kappa shape index (κ3) is 3.80. The fraction of sp³-hybridized carbons (Fsp3) is 0.500. The average molecular weight is 315 g/mol. The topological polar surface area (TPSA) is 59.3 Å². The fourth-order valence-electron chi connectivity index (χ4n) is 3.16. The van der Waals surface area contributed by atoms with Crippen molar-refractivity contribution in [3.05, 3.63) is 47.8 Å². The van der Waals surface area contributed by atoms with Crippen molar-refractivity contribution in [1.82, 2.24) is 15.1 Å². The molecule has 1 fully saturated rings. The van der Waals surface area contributed by atoms with Crippen molar-refractivity contribution in [3.63, 3.8) is 0 Å². The predicted molar refractivity (Wildman–Crippen MR) is 89.6 cm³/mol. The van der Waals surface area contributed by atoms with Crippen LogP contribution >= 0.6 is 0 Å². The van der Waals surface area contributed by atoms with Crippen LogP contribution in [-0.4, -0.2) is 41.3 Å². The lowest BCUT2D eigenvalue weighted by Crippen LogP contribution is -2.35. The molecule has 1 aromatic carbocycles. The molecule has 0 spiro atoms. The summed E-state index contributed by atoms with van der Waals surface area (Å²) in [6, 6.07) is 10.1. The summed E-state index contributed by atoms with van der Waals surface area (Å²) in [4.78, 5) is 0. The Hall–Kier alpha value is -1.69. The summed E-state index contributed by atoms with van der Waals surface area (Å²) < 4.78 is 7.46. The van der Waals surface area contributed by atoms with Gasteiger partial charge in [-0.3, -0.25) is 0 Å². The molecular weight excluding hydrogens is 290 g/mol. The highest BCUT2D eigenvalue weighted by atomic mass is 16.5. The molecule has 2 aromatic rings. The standard InChI is InChI=1S/C18H25N3O2/c1-15-16(12-21(20-15)17-5-3-2-4-6-17)11-19-13-18(7-9-22)8-10-23-14-18/h2-6,12,19,22H,7-11,13-14H2,1H3. The van der Waals surface area contributed by atoms with Crippen molar-refractivity contribution >= 4 is 0 Å². The maximum Gasteiger partial charge on any atom is 0.0645 e. The molecule has 1 atom stereocenters. The molecule has 1 aliphatic heterocycles.